The number of hydrogen-bond donors (Lipinski definition) is 2. The SMILES string of the molecule is O=C(Nc1ccc(C#Cc2ccc(NC(=O)[C@@H]3CCCN3C(=O)C=Cc3ccccc3)nc2)cn1)[C@@H]1CCCN1C(=O)C=Cc1ccccc1. The van der Waals surface area contributed by atoms with Gasteiger partial charge in [0.2, 0.25) is 23.6 Å². The average Bonchev–Trinajstić information content (AvgIpc) is 3.86. The summed E-state index contributed by atoms with van der Waals surface area (Å²) in [6, 6.07) is 24.8. The van der Waals surface area contributed by atoms with Gasteiger partial charge in [-0.1, -0.05) is 72.5 Å². The van der Waals surface area contributed by atoms with Gasteiger partial charge in [-0.05, 0) is 73.2 Å². The van der Waals surface area contributed by atoms with E-state index in [0.717, 1.165) is 24.0 Å². The summed E-state index contributed by atoms with van der Waals surface area (Å²) in [7, 11) is 0. The van der Waals surface area contributed by atoms with Gasteiger partial charge in [-0.3, -0.25) is 19.2 Å². The summed E-state index contributed by atoms with van der Waals surface area (Å²) < 4.78 is 0. The van der Waals surface area contributed by atoms with Crippen molar-refractivity contribution in [2.45, 2.75) is 37.8 Å². The van der Waals surface area contributed by atoms with Gasteiger partial charge in [-0.25, -0.2) is 9.97 Å². The summed E-state index contributed by atoms with van der Waals surface area (Å²) in [4.78, 5) is 63.6. The molecule has 2 aromatic carbocycles. The first-order valence-corrected chi connectivity index (χ1v) is 16.6. The molecule has 4 heterocycles. The molecule has 2 saturated heterocycles. The summed E-state index contributed by atoms with van der Waals surface area (Å²) in [6.45, 7) is 1.04. The Bertz CT molecular complexity index is 1810. The third-order valence-electron chi connectivity index (χ3n) is 8.49. The van der Waals surface area contributed by atoms with Crippen molar-refractivity contribution in [3.8, 4) is 11.8 Å². The predicted molar refractivity (Wildman–Crippen MR) is 192 cm³/mol. The van der Waals surface area contributed by atoms with E-state index in [2.05, 4.69) is 32.4 Å². The standard InChI is InChI=1S/C40H36N6O4/c47-37(23-19-29-9-3-1-4-10-29)45-25-7-13-33(45)39(49)43-35-21-17-31(27-41-35)15-16-32-18-22-36(42-28-32)44-40(50)34-14-8-26-46(34)38(48)24-20-30-11-5-2-6-12-30/h1-6,9-12,17-24,27-28,33-34H,7-8,13-14,25-26H2,(H,41,43,49)(H,42,44,50)/t33-,34-/m0/s1. The Morgan fingerprint density at radius 2 is 1.02 bits per heavy atom. The number of hydrogen-bond acceptors (Lipinski definition) is 6. The van der Waals surface area contributed by atoms with Crippen molar-refractivity contribution < 1.29 is 19.2 Å². The maximum absolute atomic E-state index is 13.0. The van der Waals surface area contributed by atoms with E-state index in [9.17, 15) is 19.2 Å². The highest BCUT2D eigenvalue weighted by Gasteiger charge is 2.34. The summed E-state index contributed by atoms with van der Waals surface area (Å²) in [5.74, 6) is 5.85. The van der Waals surface area contributed by atoms with Crippen LogP contribution in [-0.4, -0.2) is 68.6 Å². The lowest BCUT2D eigenvalue weighted by atomic mass is 10.2. The number of nitrogens with one attached hydrogen (secondary N) is 2. The molecule has 2 aliphatic rings. The van der Waals surface area contributed by atoms with Crippen molar-refractivity contribution in [2.24, 2.45) is 0 Å². The monoisotopic (exact) mass is 664 g/mol. The molecule has 2 N–H and O–H groups in total. The highest BCUT2D eigenvalue weighted by Crippen LogP contribution is 2.21. The minimum Gasteiger partial charge on any atom is -0.327 e. The fourth-order valence-corrected chi connectivity index (χ4v) is 5.91. The number of carbonyl (C=O) groups excluding carboxylic acids is 4. The van der Waals surface area contributed by atoms with Crippen LogP contribution in [0.3, 0.4) is 0 Å². The molecule has 10 nitrogen and oxygen atoms in total. The first-order valence-electron chi connectivity index (χ1n) is 16.6. The molecule has 4 aromatic rings. The molecule has 6 rings (SSSR count). The molecule has 0 saturated carbocycles. The van der Waals surface area contributed by atoms with Gasteiger partial charge >= 0.3 is 0 Å². The molecular formula is C40H36N6O4. The van der Waals surface area contributed by atoms with Gasteiger partial charge in [-0.15, -0.1) is 0 Å². The minimum atomic E-state index is -0.564. The van der Waals surface area contributed by atoms with Gasteiger partial charge in [0.15, 0.2) is 0 Å². The Hall–Kier alpha value is -6.34. The third-order valence-corrected chi connectivity index (χ3v) is 8.49. The molecular weight excluding hydrogens is 628 g/mol. The number of rotatable bonds is 8. The Kier molecular flexibility index (Phi) is 10.9. The second-order valence-corrected chi connectivity index (χ2v) is 12.0. The van der Waals surface area contributed by atoms with Crippen molar-refractivity contribution in [1.29, 1.82) is 0 Å². The quantitative estimate of drug-likeness (QED) is 0.198. The van der Waals surface area contributed by atoms with Gasteiger partial charge in [-0.2, -0.15) is 0 Å². The van der Waals surface area contributed by atoms with E-state index in [1.807, 2.05) is 60.7 Å². The third kappa shape index (κ3) is 8.76. The van der Waals surface area contributed by atoms with Crippen molar-refractivity contribution in [3.05, 3.63) is 132 Å². The molecule has 0 unspecified atom stereocenters. The topological polar surface area (TPSA) is 125 Å². The van der Waals surface area contributed by atoms with E-state index in [1.54, 1.807) is 58.6 Å². The summed E-state index contributed by atoms with van der Waals surface area (Å²) >= 11 is 0. The fraction of sp³-hybridized carbons (Fsp3) is 0.200. The highest BCUT2D eigenvalue weighted by molar-refractivity contribution is 6.01. The number of carbonyl (C=O) groups is 4. The smallest absolute Gasteiger partial charge is 0.248 e. The number of pyridine rings is 2. The van der Waals surface area contributed by atoms with Crippen LogP contribution < -0.4 is 10.6 Å². The zero-order valence-electron chi connectivity index (χ0n) is 27.4. The normalized spacial score (nSPS) is 17.0. The molecule has 10 heteroatoms. The van der Waals surface area contributed by atoms with E-state index < -0.39 is 12.1 Å². The molecule has 50 heavy (non-hydrogen) atoms. The Morgan fingerprint density at radius 3 is 1.40 bits per heavy atom. The maximum atomic E-state index is 13.0. The Labute approximate surface area is 290 Å². The summed E-state index contributed by atoms with van der Waals surface area (Å²) in [5.41, 5.74) is 3.10. The van der Waals surface area contributed by atoms with E-state index >= 15 is 0 Å². The lowest BCUT2D eigenvalue weighted by molar-refractivity contribution is -0.132. The van der Waals surface area contributed by atoms with Crippen LogP contribution in [0.2, 0.25) is 0 Å². The summed E-state index contributed by atoms with van der Waals surface area (Å²) in [6.07, 6.45) is 12.3. The van der Waals surface area contributed by atoms with Crippen LogP contribution in [0.15, 0.2) is 109 Å². The van der Waals surface area contributed by atoms with E-state index in [4.69, 9.17) is 0 Å². The predicted octanol–water partition coefficient (Wildman–Crippen LogP) is 5.16. The molecule has 2 fully saturated rings. The van der Waals surface area contributed by atoms with Crippen LogP contribution >= 0.6 is 0 Å². The molecule has 4 amide bonds. The van der Waals surface area contributed by atoms with E-state index in [-0.39, 0.29) is 23.6 Å². The van der Waals surface area contributed by atoms with Crippen LogP contribution in [-0.2, 0) is 19.2 Å². The molecule has 0 bridgehead atoms. The van der Waals surface area contributed by atoms with E-state index in [1.165, 1.54) is 12.2 Å². The number of likely N-dealkylation sites (tertiary alicyclic amines) is 2. The Balaban J connectivity index is 0.993. The summed E-state index contributed by atoms with van der Waals surface area (Å²) in [5, 5.41) is 5.64. The minimum absolute atomic E-state index is 0.199. The first-order chi connectivity index (χ1) is 24.4. The zero-order chi connectivity index (χ0) is 34.7. The zero-order valence-corrected chi connectivity index (χ0v) is 27.4. The first kappa shape index (κ1) is 33.6. The number of aromatic nitrogens is 2. The van der Waals surface area contributed by atoms with Gasteiger partial charge < -0.3 is 20.4 Å². The Morgan fingerprint density at radius 1 is 0.600 bits per heavy atom. The van der Waals surface area contributed by atoms with E-state index in [0.29, 0.717) is 48.7 Å². The van der Waals surface area contributed by atoms with Gasteiger partial charge in [0.05, 0.1) is 0 Å². The number of benzene rings is 2. The average molecular weight is 665 g/mol. The second-order valence-electron chi connectivity index (χ2n) is 12.0. The van der Waals surface area contributed by atoms with Crippen LogP contribution in [0, 0.1) is 11.8 Å². The maximum Gasteiger partial charge on any atom is 0.248 e. The molecule has 250 valence electrons. The molecule has 2 aromatic heterocycles. The van der Waals surface area contributed by atoms with Gasteiger partial charge in [0, 0.05) is 48.8 Å². The number of amides is 4. The van der Waals surface area contributed by atoms with Crippen molar-refractivity contribution in [1.82, 2.24) is 19.8 Å². The molecule has 2 aliphatic heterocycles. The lowest BCUT2D eigenvalue weighted by Crippen LogP contribution is -2.42. The lowest BCUT2D eigenvalue weighted by Gasteiger charge is -2.22. The molecule has 2 atom stereocenters. The van der Waals surface area contributed by atoms with Crippen LogP contribution in [0.1, 0.15) is 47.9 Å². The fourth-order valence-electron chi connectivity index (χ4n) is 5.91. The molecule has 0 spiro atoms. The van der Waals surface area contributed by atoms with Crippen LogP contribution in [0.5, 0.6) is 0 Å². The van der Waals surface area contributed by atoms with Crippen molar-refractivity contribution in [2.75, 3.05) is 23.7 Å². The second kappa shape index (κ2) is 16.2. The largest absolute Gasteiger partial charge is 0.327 e. The van der Waals surface area contributed by atoms with Gasteiger partial charge in [0.25, 0.3) is 0 Å². The van der Waals surface area contributed by atoms with Crippen molar-refractivity contribution >= 4 is 47.4 Å². The molecule has 0 aliphatic carbocycles. The highest BCUT2D eigenvalue weighted by atomic mass is 16.2. The number of nitrogens with zero attached hydrogens (tertiary/aromatic N) is 4. The van der Waals surface area contributed by atoms with Crippen molar-refractivity contribution in [3.63, 3.8) is 0 Å². The van der Waals surface area contributed by atoms with Gasteiger partial charge in [0.1, 0.15) is 23.7 Å². The molecule has 0 radical (unpaired) electrons. The van der Waals surface area contributed by atoms with Crippen LogP contribution in [0.4, 0.5) is 11.6 Å². The van der Waals surface area contributed by atoms with Crippen LogP contribution in [0.25, 0.3) is 12.2 Å². The number of anilines is 2.